The smallest absolute Gasteiger partial charge is 0.417 e. The highest BCUT2D eigenvalue weighted by molar-refractivity contribution is 6.33. The zero-order valence-electron chi connectivity index (χ0n) is 14.7. The summed E-state index contributed by atoms with van der Waals surface area (Å²) in [7, 11) is 0. The monoisotopic (exact) mass is 335 g/mol. The number of carbonyl (C=O) groups excluding carboxylic acids is 4. The van der Waals surface area contributed by atoms with Gasteiger partial charge < -0.3 is 19.9 Å². The van der Waals surface area contributed by atoms with E-state index >= 15 is 0 Å². The van der Waals surface area contributed by atoms with Gasteiger partial charge in [0.1, 0.15) is 0 Å². The highest BCUT2D eigenvalue weighted by Crippen LogP contribution is 1.91. The lowest BCUT2D eigenvalue weighted by atomic mass is 10.2. The molecule has 0 aliphatic carbocycles. The largest absolute Gasteiger partial charge is 0.460 e. The molecule has 0 bridgehead atoms. The van der Waals surface area contributed by atoms with Gasteiger partial charge >= 0.3 is 17.9 Å². The third-order valence-corrected chi connectivity index (χ3v) is 1.70. The number of rotatable bonds is 6. The second kappa shape index (κ2) is 20.0. The van der Waals surface area contributed by atoms with E-state index in [2.05, 4.69) is 14.2 Å². The number of hydrogen-bond donors (Lipinski definition) is 1. The molecule has 0 rings (SSSR count). The minimum atomic E-state index is -0.927. The molecule has 2 N–H and O–H groups in total. The van der Waals surface area contributed by atoms with Crippen LogP contribution in [0.15, 0.2) is 0 Å². The van der Waals surface area contributed by atoms with E-state index in [4.69, 9.17) is 5.73 Å². The number of ketones is 1. The number of carbonyl (C=O) groups is 4. The minimum absolute atomic E-state index is 0.192. The first kappa shape index (κ1) is 26.0. The van der Waals surface area contributed by atoms with Crippen LogP contribution in [0.25, 0.3) is 0 Å². The predicted octanol–water partition coefficient (Wildman–Crippen LogP) is 0.996. The van der Waals surface area contributed by atoms with Crippen molar-refractivity contribution in [2.45, 2.75) is 47.5 Å². The molecule has 0 fully saturated rings. The lowest BCUT2D eigenvalue weighted by Gasteiger charge is -1.99. The fraction of sp³-hybridized carbons (Fsp3) is 0.733. The van der Waals surface area contributed by atoms with Gasteiger partial charge in [0.2, 0.25) is 5.78 Å². The highest BCUT2D eigenvalue weighted by atomic mass is 16.6. The summed E-state index contributed by atoms with van der Waals surface area (Å²) in [5.41, 5.74) is 4.85. The molecule has 0 spiro atoms. The van der Waals surface area contributed by atoms with E-state index in [1.54, 1.807) is 20.8 Å². The van der Waals surface area contributed by atoms with Crippen LogP contribution in [-0.4, -0.2) is 50.1 Å². The van der Waals surface area contributed by atoms with Gasteiger partial charge in [-0.15, -0.1) is 0 Å². The molecule has 0 atom stereocenters. The van der Waals surface area contributed by atoms with Crippen LogP contribution in [0.3, 0.4) is 0 Å². The van der Waals surface area contributed by atoms with Crippen molar-refractivity contribution in [3.8, 4) is 0 Å². The molecule has 0 amide bonds. The Balaban J connectivity index is -0.000000297. The molecular weight excluding hydrogens is 306 g/mol. The topological polar surface area (TPSA) is 122 Å². The normalized spacial score (nSPS) is 8.43. The van der Waals surface area contributed by atoms with Crippen LogP contribution >= 0.6 is 0 Å². The van der Waals surface area contributed by atoms with Crippen molar-refractivity contribution < 1.29 is 33.4 Å². The fourth-order valence-corrected chi connectivity index (χ4v) is 0.921. The summed E-state index contributed by atoms with van der Waals surface area (Å²) in [4.78, 5) is 42.1. The van der Waals surface area contributed by atoms with Gasteiger partial charge in [0.15, 0.2) is 0 Å². The predicted molar refractivity (Wildman–Crippen MR) is 84.5 cm³/mol. The van der Waals surface area contributed by atoms with E-state index in [0.717, 1.165) is 6.54 Å². The molecule has 136 valence electrons. The minimum Gasteiger partial charge on any atom is -0.460 e. The lowest BCUT2D eigenvalue weighted by molar-refractivity contribution is -0.167. The number of esters is 3. The highest BCUT2D eigenvalue weighted by Gasteiger charge is 2.14. The number of Topliss-reactive ketones (excluding diaryl/α,β-unsaturated/α-hetero) is 1. The van der Waals surface area contributed by atoms with Gasteiger partial charge in [-0.25, -0.2) is 14.4 Å². The maximum absolute atomic E-state index is 10.7. The molecule has 8 heteroatoms. The Morgan fingerprint density at radius 3 is 1.26 bits per heavy atom. The Kier molecular flexibility index (Phi) is 22.6. The summed E-state index contributed by atoms with van der Waals surface area (Å²) in [6.07, 6.45) is 0.983. The van der Waals surface area contributed by atoms with Gasteiger partial charge in [0.05, 0.1) is 19.8 Å². The average molecular weight is 335 g/mol. The molecule has 0 heterocycles. The molecule has 0 unspecified atom stereocenters. The molecule has 0 aromatic rings. The number of ether oxygens (including phenoxy) is 3. The van der Waals surface area contributed by atoms with Crippen molar-refractivity contribution in [1.29, 1.82) is 0 Å². The van der Waals surface area contributed by atoms with E-state index < -0.39 is 23.7 Å². The first-order chi connectivity index (χ1) is 10.9. The van der Waals surface area contributed by atoms with E-state index in [1.165, 1.54) is 0 Å². The fourth-order valence-electron chi connectivity index (χ4n) is 0.921. The molecule has 0 aromatic carbocycles. The Morgan fingerprint density at radius 2 is 1.00 bits per heavy atom. The molecular formula is C15H29NO7. The Bertz CT molecular complexity index is 279. The molecule has 0 aliphatic rings. The Hall–Kier alpha value is -1.96. The van der Waals surface area contributed by atoms with Crippen LogP contribution in [0.2, 0.25) is 0 Å². The van der Waals surface area contributed by atoms with Crippen molar-refractivity contribution in [2.75, 3.05) is 26.4 Å². The first-order valence-corrected chi connectivity index (χ1v) is 7.59. The van der Waals surface area contributed by atoms with Crippen LogP contribution in [0.1, 0.15) is 47.5 Å². The standard InChI is InChI=1S/C7H12O3.C6H10O4.C2H7N/c1-3-5-6(8)7(9)10-4-2;1-3-9-5(7)6(8)10-4-2;1-2-3/h3-5H2,1-2H3;3-4H2,1-2H3;2-3H2,1H3. The van der Waals surface area contributed by atoms with E-state index in [-0.39, 0.29) is 19.8 Å². The zero-order valence-corrected chi connectivity index (χ0v) is 14.7. The summed E-state index contributed by atoms with van der Waals surface area (Å²) in [5.74, 6) is -2.98. The van der Waals surface area contributed by atoms with Crippen molar-refractivity contribution in [3.05, 3.63) is 0 Å². The van der Waals surface area contributed by atoms with Crippen molar-refractivity contribution >= 4 is 23.7 Å². The van der Waals surface area contributed by atoms with Crippen LogP contribution < -0.4 is 5.73 Å². The number of hydrogen-bond acceptors (Lipinski definition) is 8. The SMILES string of the molecule is CCCC(=O)C(=O)OCC.CCN.CCOC(=O)C(=O)OCC. The molecule has 23 heavy (non-hydrogen) atoms. The molecule has 0 aliphatic heterocycles. The molecule has 8 nitrogen and oxygen atoms in total. The third kappa shape index (κ3) is 20.0. The quantitative estimate of drug-likeness (QED) is 0.433. The van der Waals surface area contributed by atoms with E-state index in [1.807, 2.05) is 13.8 Å². The van der Waals surface area contributed by atoms with Gasteiger partial charge in [-0.3, -0.25) is 4.79 Å². The average Bonchev–Trinajstić information content (AvgIpc) is 2.49. The summed E-state index contributed by atoms with van der Waals surface area (Å²) >= 11 is 0. The maximum Gasteiger partial charge on any atom is 0.417 e. The zero-order chi connectivity index (χ0) is 18.7. The van der Waals surface area contributed by atoms with Crippen LogP contribution in [0.5, 0.6) is 0 Å². The Morgan fingerprint density at radius 1 is 0.696 bits per heavy atom. The van der Waals surface area contributed by atoms with Gasteiger partial charge in [-0.05, 0) is 33.7 Å². The maximum atomic E-state index is 10.7. The van der Waals surface area contributed by atoms with Crippen molar-refractivity contribution in [3.63, 3.8) is 0 Å². The summed E-state index contributed by atoms with van der Waals surface area (Å²) in [5, 5.41) is 0. The van der Waals surface area contributed by atoms with Crippen LogP contribution in [0.4, 0.5) is 0 Å². The van der Waals surface area contributed by atoms with Crippen LogP contribution in [0, 0.1) is 0 Å². The Labute approximate surface area is 137 Å². The summed E-state index contributed by atoms with van der Waals surface area (Å²) < 4.78 is 13.2. The lowest BCUT2D eigenvalue weighted by Crippen LogP contribution is -2.19. The van der Waals surface area contributed by atoms with Gasteiger partial charge in [0, 0.05) is 6.42 Å². The van der Waals surface area contributed by atoms with Crippen LogP contribution in [-0.2, 0) is 33.4 Å². The summed E-state index contributed by atoms with van der Waals surface area (Å²) in [6, 6.07) is 0. The molecule has 0 saturated carbocycles. The second-order valence-corrected chi connectivity index (χ2v) is 3.74. The van der Waals surface area contributed by atoms with Crippen molar-refractivity contribution in [2.24, 2.45) is 5.73 Å². The molecule has 0 saturated heterocycles. The van der Waals surface area contributed by atoms with E-state index in [0.29, 0.717) is 12.8 Å². The summed E-state index contributed by atoms with van der Waals surface area (Å²) in [6.45, 7) is 10.1. The number of nitrogens with two attached hydrogens (primary N) is 1. The van der Waals surface area contributed by atoms with Crippen molar-refractivity contribution in [1.82, 2.24) is 0 Å². The first-order valence-electron chi connectivity index (χ1n) is 7.59. The second-order valence-electron chi connectivity index (χ2n) is 3.74. The van der Waals surface area contributed by atoms with Gasteiger partial charge in [-0.1, -0.05) is 13.8 Å². The molecule has 0 radical (unpaired) electrons. The van der Waals surface area contributed by atoms with Gasteiger partial charge in [-0.2, -0.15) is 0 Å². The van der Waals surface area contributed by atoms with E-state index in [9.17, 15) is 19.2 Å². The third-order valence-electron chi connectivity index (χ3n) is 1.70. The van der Waals surface area contributed by atoms with Gasteiger partial charge in [0.25, 0.3) is 0 Å². The molecule has 0 aromatic heterocycles.